The molecule has 0 radical (unpaired) electrons. The Labute approximate surface area is 153 Å². The molecule has 0 aliphatic rings. The number of amides is 1. The van der Waals surface area contributed by atoms with Crippen LogP contribution in [0.15, 0.2) is 29.2 Å². The molecule has 0 spiro atoms. The average Bonchev–Trinajstić information content (AvgIpc) is 2.87. The number of sulfonamides is 1. The van der Waals surface area contributed by atoms with E-state index in [1.165, 1.54) is 14.1 Å². The fourth-order valence-corrected chi connectivity index (χ4v) is 3.82. The van der Waals surface area contributed by atoms with Gasteiger partial charge in [-0.15, -0.1) is 0 Å². The summed E-state index contributed by atoms with van der Waals surface area (Å²) in [6, 6.07) is 7.02. The van der Waals surface area contributed by atoms with Gasteiger partial charge < -0.3 is 10.1 Å². The van der Waals surface area contributed by atoms with E-state index in [1.54, 1.807) is 49.9 Å². The third-order valence-corrected chi connectivity index (χ3v) is 6.05. The van der Waals surface area contributed by atoms with E-state index in [4.69, 9.17) is 4.74 Å². The summed E-state index contributed by atoms with van der Waals surface area (Å²) < 4.78 is 32.6. The van der Waals surface area contributed by atoms with Crippen LogP contribution in [0.3, 0.4) is 0 Å². The Kier molecular flexibility index (Phi) is 6.04. The number of hydrogen-bond acceptors (Lipinski definition) is 5. The molecule has 26 heavy (non-hydrogen) atoms. The highest BCUT2D eigenvalue weighted by Crippen LogP contribution is 2.22. The van der Waals surface area contributed by atoms with E-state index < -0.39 is 10.0 Å². The van der Waals surface area contributed by atoms with E-state index in [0.29, 0.717) is 22.8 Å². The van der Waals surface area contributed by atoms with Crippen molar-refractivity contribution in [2.45, 2.75) is 31.7 Å². The Morgan fingerprint density at radius 2 is 1.85 bits per heavy atom. The number of aromatic nitrogens is 2. The summed E-state index contributed by atoms with van der Waals surface area (Å²) in [4.78, 5) is 12.3. The van der Waals surface area contributed by atoms with Gasteiger partial charge in [0, 0.05) is 26.2 Å². The van der Waals surface area contributed by atoms with Crippen molar-refractivity contribution in [2.24, 2.45) is 0 Å². The maximum Gasteiger partial charge on any atom is 0.246 e. The van der Waals surface area contributed by atoms with Crippen LogP contribution in [-0.4, -0.2) is 49.6 Å². The summed E-state index contributed by atoms with van der Waals surface area (Å²) in [5.74, 6) is 0.528. The summed E-state index contributed by atoms with van der Waals surface area (Å²) in [6.07, 6.45) is 0.176. The highest BCUT2D eigenvalue weighted by atomic mass is 32.2. The summed E-state index contributed by atoms with van der Waals surface area (Å²) in [7, 11) is 0.963. The number of anilines is 1. The first-order chi connectivity index (χ1) is 12.2. The second kappa shape index (κ2) is 7.88. The monoisotopic (exact) mass is 380 g/mol. The molecule has 0 fully saturated rings. The van der Waals surface area contributed by atoms with Gasteiger partial charge in [0.25, 0.3) is 0 Å². The van der Waals surface area contributed by atoms with Gasteiger partial charge in [-0.05, 0) is 38.1 Å². The van der Waals surface area contributed by atoms with Crippen molar-refractivity contribution in [3.05, 3.63) is 35.7 Å². The first-order valence-electron chi connectivity index (χ1n) is 8.07. The van der Waals surface area contributed by atoms with Gasteiger partial charge in [-0.3, -0.25) is 9.48 Å². The lowest BCUT2D eigenvalue weighted by molar-refractivity contribution is -0.116. The predicted octanol–water partition coefficient (Wildman–Crippen LogP) is 1.79. The molecule has 0 bridgehead atoms. The highest BCUT2D eigenvalue weighted by molar-refractivity contribution is 7.89. The minimum Gasteiger partial charge on any atom is -0.497 e. The third kappa shape index (κ3) is 4.23. The van der Waals surface area contributed by atoms with Crippen molar-refractivity contribution in [1.29, 1.82) is 0 Å². The SMILES string of the molecule is COc1ccc(NC(=O)CCn2nc(C)c(S(=O)(=O)N(C)C)c2C)cc1. The fraction of sp³-hybridized carbons (Fsp3) is 0.412. The van der Waals surface area contributed by atoms with Gasteiger partial charge >= 0.3 is 0 Å². The molecular weight excluding hydrogens is 356 g/mol. The fourth-order valence-electron chi connectivity index (χ4n) is 2.56. The van der Waals surface area contributed by atoms with Crippen molar-refractivity contribution in [2.75, 3.05) is 26.5 Å². The Morgan fingerprint density at radius 3 is 2.38 bits per heavy atom. The predicted molar refractivity (Wildman–Crippen MR) is 98.8 cm³/mol. The maximum absolute atomic E-state index is 12.4. The third-order valence-electron chi connectivity index (χ3n) is 3.98. The lowest BCUT2D eigenvalue weighted by Crippen LogP contribution is -2.23. The number of benzene rings is 1. The topological polar surface area (TPSA) is 93.5 Å². The quantitative estimate of drug-likeness (QED) is 0.790. The second-order valence-corrected chi connectivity index (χ2v) is 8.13. The molecule has 0 atom stereocenters. The number of ether oxygens (including phenoxy) is 1. The zero-order chi connectivity index (χ0) is 19.5. The largest absolute Gasteiger partial charge is 0.497 e. The number of nitrogens with zero attached hydrogens (tertiary/aromatic N) is 3. The van der Waals surface area contributed by atoms with Crippen molar-refractivity contribution in [1.82, 2.24) is 14.1 Å². The molecule has 0 unspecified atom stereocenters. The molecule has 0 aliphatic carbocycles. The van der Waals surface area contributed by atoms with Crippen LogP contribution in [0.1, 0.15) is 17.8 Å². The van der Waals surface area contributed by atoms with Crippen LogP contribution in [0.5, 0.6) is 5.75 Å². The number of nitrogens with one attached hydrogen (secondary N) is 1. The van der Waals surface area contributed by atoms with Crippen molar-refractivity contribution < 1.29 is 17.9 Å². The molecule has 1 amide bonds. The molecule has 0 saturated carbocycles. The van der Waals surface area contributed by atoms with Crippen molar-refractivity contribution >= 4 is 21.6 Å². The normalized spacial score (nSPS) is 11.6. The summed E-state index contributed by atoms with van der Waals surface area (Å²) >= 11 is 0. The first kappa shape index (κ1) is 19.9. The smallest absolute Gasteiger partial charge is 0.246 e. The number of methoxy groups -OCH3 is 1. The molecule has 1 heterocycles. The Balaban J connectivity index is 2.06. The molecular formula is C17H24N4O4S. The van der Waals surface area contributed by atoms with Crippen LogP contribution in [0.2, 0.25) is 0 Å². The summed E-state index contributed by atoms with van der Waals surface area (Å²) in [5, 5.41) is 7.07. The van der Waals surface area contributed by atoms with Gasteiger partial charge in [0.2, 0.25) is 15.9 Å². The molecule has 2 aromatic rings. The van der Waals surface area contributed by atoms with Crippen LogP contribution >= 0.6 is 0 Å². The van der Waals surface area contributed by atoms with E-state index in [1.807, 2.05) is 0 Å². The molecule has 8 nitrogen and oxygen atoms in total. The minimum atomic E-state index is -3.57. The van der Waals surface area contributed by atoms with Crippen molar-refractivity contribution in [3.8, 4) is 5.75 Å². The molecule has 0 saturated heterocycles. The van der Waals surface area contributed by atoms with E-state index in [9.17, 15) is 13.2 Å². The molecule has 0 aliphatic heterocycles. The lowest BCUT2D eigenvalue weighted by Gasteiger charge is -2.12. The van der Waals surface area contributed by atoms with Crippen LogP contribution in [-0.2, 0) is 21.4 Å². The summed E-state index contributed by atoms with van der Waals surface area (Å²) in [6.45, 7) is 3.63. The molecule has 9 heteroatoms. The van der Waals surface area contributed by atoms with E-state index in [0.717, 1.165) is 4.31 Å². The standard InChI is InChI=1S/C17H24N4O4S/c1-12-17(26(23,24)20(3)4)13(2)21(19-12)11-10-16(22)18-14-6-8-15(25-5)9-7-14/h6-9H,10-11H2,1-5H3,(H,18,22). The maximum atomic E-state index is 12.4. The Hall–Kier alpha value is -2.39. The van der Waals surface area contributed by atoms with Crippen LogP contribution in [0, 0.1) is 13.8 Å². The van der Waals surface area contributed by atoms with E-state index in [-0.39, 0.29) is 23.8 Å². The zero-order valence-electron chi connectivity index (χ0n) is 15.6. The van der Waals surface area contributed by atoms with Gasteiger partial charge in [-0.2, -0.15) is 5.10 Å². The summed E-state index contributed by atoms with van der Waals surface area (Å²) in [5.41, 5.74) is 1.61. The number of carbonyl (C=O) groups excluding carboxylic acids is 1. The number of carbonyl (C=O) groups is 1. The molecule has 2 rings (SSSR count). The number of aryl methyl sites for hydroxylation is 2. The van der Waals surface area contributed by atoms with E-state index >= 15 is 0 Å². The van der Waals surface area contributed by atoms with Gasteiger partial charge in [0.15, 0.2) is 0 Å². The van der Waals surface area contributed by atoms with E-state index in [2.05, 4.69) is 10.4 Å². The van der Waals surface area contributed by atoms with Crippen LogP contribution < -0.4 is 10.1 Å². The van der Waals surface area contributed by atoms with Gasteiger partial charge in [-0.1, -0.05) is 0 Å². The number of hydrogen-bond donors (Lipinski definition) is 1. The number of rotatable bonds is 7. The first-order valence-corrected chi connectivity index (χ1v) is 9.51. The zero-order valence-corrected chi connectivity index (χ0v) is 16.4. The Morgan fingerprint density at radius 1 is 1.23 bits per heavy atom. The lowest BCUT2D eigenvalue weighted by atomic mass is 10.3. The Bertz CT molecular complexity index is 886. The van der Waals surface area contributed by atoms with Gasteiger partial charge in [0.1, 0.15) is 10.6 Å². The highest BCUT2D eigenvalue weighted by Gasteiger charge is 2.26. The molecule has 142 valence electrons. The molecule has 1 aromatic heterocycles. The second-order valence-electron chi connectivity index (χ2n) is 6.04. The average molecular weight is 380 g/mol. The molecule has 1 N–H and O–H groups in total. The van der Waals surface area contributed by atoms with Gasteiger partial charge in [0.05, 0.1) is 25.0 Å². The molecule has 1 aromatic carbocycles. The van der Waals surface area contributed by atoms with Crippen LogP contribution in [0.4, 0.5) is 5.69 Å². The van der Waals surface area contributed by atoms with Crippen LogP contribution in [0.25, 0.3) is 0 Å². The van der Waals surface area contributed by atoms with Crippen molar-refractivity contribution in [3.63, 3.8) is 0 Å². The minimum absolute atomic E-state index is 0.176. The van der Waals surface area contributed by atoms with Gasteiger partial charge in [-0.25, -0.2) is 12.7 Å².